The molecule has 0 fully saturated rings. The molecule has 0 saturated heterocycles. The second-order valence-electron chi connectivity index (χ2n) is 7.66. The van der Waals surface area contributed by atoms with Crippen LogP contribution in [0, 0.1) is 12.3 Å². The van der Waals surface area contributed by atoms with Gasteiger partial charge in [0.15, 0.2) is 0 Å². The van der Waals surface area contributed by atoms with E-state index in [1.54, 1.807) is 48.5 Å². The Hall–Kier alpha value is -3.64. The molecule has 3 aromatic carbocycles. The standard InChI is InChI=1S/C26H23ClN2O5S/c1-2-18-5-7-21(8-6-18)25(30)28-17-3-4-24(26(31)32)29-35(33,34)23-15-11-20(12-16-23)19-9-13-22(27)14-10-19/h1,5-16,24,29H,3-4,17H2,(H,28,30)(H,31,32)/t24-/m0/s1. The minimum absolute atomic E-state index is 0.00622. The summed E-state index contributed by atoms with van der Waals surface area (Å²) in [6, 6.07) is 18.3. The molecule has 0 radical (unpaired) electrons. The van der Waals surface area contributed by atoms with Crippen molar-refractivity contribution in [2.75, 3.05) is 6.54 Å². The first-order valence-electron chi connectivity index (χ1n) is 10.7. The van der Waals surface area contributed by atoms with Crippen LogP contribution in [0.4, 0.5) is 0 Å². The van der Waals surface area contributed by atoms with Gasteiger partial charge in [0.25, 0.3) is 5.91 Å². The van der Waals surface area contributed by atoms with Gasteiger partial charge < -0.3 is 10.4 Å². The summed E-state index contributed by atoms with van der Waals surface area (Å²) in [5, 5.41) is 12.8. The Labute approximate surface area is 209 Å². The van der Waals surface area contributed by atoms with Crippen LogP contribution in [0.5, 0.6) is 0 Å². The van der Waals surface area contributed by atoms with Crippen molar-refractivity contribution in [1.29, 1.82) is 0 Å². The molecule has 3 aromatic rings. The van der Waals surface area contributed by atoms with E-state index in [4.69, 9.17) is 18.0 Å². The number of sulfonamides is 1. The summed E-state index contributed by atoms with van der Waals surface area (Å²) in [4.78, 5) is 23.8. The number of nitrogens with one attached hydrogen (secondary N) is 2. The smallest absolute Gasteiger partial charge is 0.321 e. The van der Waals surface area contributed by atoms with Crippen molar-refractivity contribution >= 4 is 33.5 Å². The summed E-state index contributed by atoms with van der Waals surface area (Å²) in [6.45, 7) is 0.178. The molecule has 0 aliphatic heterocycles. The number of hydrogen-bond donors (Lipinski definition) is 3. The minimum atomic E-state index is -4.07. The molecule has 35 heavy (non-hydrogen) atoms. The zero-order valence-corrected chi connectivity index (χ0v) is 20.1. The van der Waals surface area contributed by atoms with Crippen LogP contribution in [0.2, 0.25) is 5.02 Å². The van der Waals surface area contributed by atoms with Gasteiger partial charge in [0, 0.05) is 22.7 Å². The van der Waals surface area contributed by atoms with Gasteiger partial charge in [0.05, 0.1) is 4.90 Å². The molecule has 0 saturated carbocycles. The van der Waals surface area contributed by atoms with Crippen LogP contribution < -0.4 is 10.0 Å². The maximum absolute atomic E-state index is 12.7. The molecule has 1 amide bonds. The van der Waals surface area contributed by atoms with Crippen molar-refractivity contribution in [3.63, 3.8) is 0 Å². The van der Waals surface area contributed by atoms with Gasteiger partial charge in [-0.3, -0.25) is 9.59 Å². The van der Waals surface area contributed by atoms with Crippen molar-refractivity contribution < 1.29 is 23.1 Å². The lowest BCUT2D eigenvalue weighted by atomic mass is 10.1. The average Bonchev–Trinajstić information content (AvgIpc) is 2.86. The summed E-state index contributed by atoms with van der Waals surface area (Å²) in [6.07, 6.45) is 5.54. The van der Waals surface area contributed by atoms with Gasteiger partial charge in [-0.15, -0.1) is 6.42 Å². The zero-order chi connectivity index (χ0) is 25.4. The maximum atomic E-state index is 12.7. The highest BCUT2D eigenvalue weighted by molar-refractivity contribution is 7.89. The lowest BCUT2D eigenvalue weighted by Gasteiger charge is -2.15. The first-order valence-corrected chi connectivity index (χ1v) is 12.5. The topological polar surface area (TPSA) is 113 Å². The van der Waals surface area contributed by atoms with E-state index in [2.05, 4.69) is 16.0 Å². The highest BCUT2D eigenvalue weighted by atomic mass is 35.5. The van der Waals surface area contributed by atoms with E-state index >= 15 is 0 Å². The number of carbonyl (C=O) groups excluding carboxylic acids is 1. The third-order valence-electron chi connectivity index (χ3n) is 5.21. The number of hydrogen-bond acceptors (Lipinski definition) is 4. The third-order valence-corrected chi connectivity index (χ3v) is 6.95. The van der Waals surface area contributed by atoms with Gasteiger partial charge >= 0.3 is 5.97 Å². The summed E-state index contributed by atoms with van der Waals surface area (Å²) >= 11 is 5.90. The Morgan fingerprint density at radius 1 is 0.943 bits per heavy atom. The Morgan fingerprint density at radius 2 is 1.51 bits per heavy atom. The molecule has 7 nitrogen and oxygen atoms in total. The van der Waals surface area contributed by atoms with E-state index < -0.39 is 22.0 Å². The second-order valence-corrected chi connectivity index (χ2v) is 9.81. The van der Waals surface area contributed by atoms with E-state index in [0.29, 0.717) is 16.1 Å². The van der Waals surface area contributed by atoms with Crippen LogP contribution in [-0.4, -0.2) is 38.0 Å². The SMILES string of the molecule is C#Cc1ccc(C(=O)NCCC[C@H](NS(=O)(=O)c2ccc(-c3ccc(Cl)cc3)cc2)C(=O)O)cc1. The third kappa shape index (κ3) is 7.17. The van der Waals surface area contributed by atoms with Crippen LogP contribution in [0.25, 0.3) is 11.1 Å². The fraction of sp³-hybridized carbons (Fsp3) is 0.154. The van der Waals surface area contributed by atoms with Gasteiger partial charge in [-0.05, 0) is 72.5 Å². The van der Waals surface area contributed by atoms with Gasteiger partial charge in [-0.2, -0.15) is 4.72 Å². The van der Waals surface area contributed by atoms with Gasteiger partial charge in [0.1, 0.15) is 6.04 Å². The number of benzene rings is 3. The van der Waals surface area contributed by atoms with E-state index in [1.165, 1.54) is 12.1 Å². The van der Waals surface area contributed by atoms with Gasteiger partial charge in [-0.1, -0.05) is 41.8 Å². The fourth-order valence-corrected chi connectivity index (χ4v) is 4.63. The average molecular weight is 511 g/mol. The number of terminal acetylenes is 1. The van der Waals surface area contributed by atoms with Gasteiger partial charge in [-0.25, -0.2) is 8.42 Å². The molecule has 1 atom stereocenters. The molecular weight excluding hydrogens is 488 g/mol. The predicted molar refractivity (Wildman–Crippen MR) is 135 cm³/mol. The summed E-state index contributed by atoms with van der Waals surface area (Å²) in [5.74, 6) is 0.828. The molecule has 180 valence electrons. The van der Waals surface area contributed by atoms with E-state index in [-0.39, 0.29) is 30.2 Å². The summed E-state index contributed by atoms with van der Waals surface area (Å²) < 4.78 is 27.7. The molecule has 0 spiro atoms. The Kier molecular flexibility index (Phi) is 8.66. The van der Waals surface area contributed by atoms with E-state index in [0.717, 1.165) is 11.1 Å². The number of carbonyl (C=O) groups is 2. The molecule has 0 aliphatic carbocycles. The Bertz CT molecular complexity index is 1330. The number of amides is 1. The molecule has 3 rings (SSSR count). The van der Waals surface area contributed by atoms with E-state index in [9.17, 15) is 23.1 Å². The quantitative estimate of drug-likeness (QED) is 0.282. The number of carboxylic acids is 1. The van der Waals surface area contributed by atoms with E-state index in [1.807, 2.05) is 12.1 Å². The van der Waals surface area contributed by atoms with Crippen molar-refractivity contribution in [3.05, 3.63) is 88.9 Å². The first-order chi connectivity index (χ1) is 16.7. The monoisotopic (exact) mass is 510 g/mol. The normalized spacial score (nSPS) is 11.9. The number of halogens is 1. The molecule has 0 aliphatic rings. The second kappa shape index (κ2) is 11.7. The number of carboxylic acid groups (broad SMARTS) is 1. The lowest BCUT2D eigenvalue weighted by molar-refractivity contribution is -0.139. The molecule has 0 heterocycles. The highest BCUT2D eigenvalue weighted by Crippen LogP contribution is 2.23. The molecule has 3 N–H and O–H groups in total. The van der Waals surface area contributed by atoms with Crippen molar-refractivity contribution in [3.8, 4) is 23.5 Å². The molecule has 0 unspecified atom stereocenters. The van der Waals surface area contributed by atoms with Crippen LogP contribution >= 0.6 is 11.6 Å². The summed E-state index contributed by atoms with van der Waals surface area (Å²) in [7, 11) is -4.07. The highest BCUT2D eigenvalue weighted by Gasteiger charge is 2.25. The van der Waals surface area contributed by atoms with Crippen molar-refractivity contribution in [1.82, 2.24) is 10.0 Å². The lowest BCUT2D eigenvalue weighted by Crippen LogP contribution is -2.41. The van der Waals surface area contributed by atoms with Crippen LogP contribution in [-0.2, 0) is 14.8 Å². The minimum Gasteiger partial charge on any atom is -0.480 e. The first kappa shape index (κ1) is 26.0. The predicted octanol–water partition coefficient (Wildman–Crippen LogP) is 3.93. The number of rotatable bonds is 10. The Morgan fingerprint density at radius 3 is 2.06 bits per heavy atom. The summed E-state index contributed by atoms with van der Waals surface area (Å²) in [5.41, 5.74) is 2.73. The number of aliphatic carboxylic acids is 1. The van der Waals surface area contributed by atoms with Crippen molar-refractivity contribution in [2.45, 2.75) is 23.8 Å². The van der Waals surface area contributed by atoms with Gasteiger partial charge in [0.2, 0.25) is 10.0 Å². The molecular formula is C26H23ClN2O5S. The largest absolute Gasteiger partial charge is 0.480 e. The maximum Gasteiger partial charge on any atom is 0.321 e. The van der Waals surface area contributed by atoms with Crippen LogP contribution in [0.3, 0.4) is 0 Å². The fourth-order valence-electron chi connectivity index (χ4n) is 3.29. The Balaban J connectivity index is 1.56. The molecule has 9 heteroatoms. The van der Waals surface area contributed by atoms with Crippen LogP contribution in [0.1, 0.15) is 28.8 Å². The van der Waals surface area contributed by atoms with Crippen molar-refractivity contribution in [2.24, 2.45) is 0 Å². The molecule has 0 bridgehead atoms. The zero-order valence-electron chi connectivity index (χ0n) is 18.6. The van der Waals surface area contributed by atoms with Crippen LogP contribution in [0.15, 0.2) is 77.7 Å². The molecule has 0 aromatic heterocycles.